The maximum Gasteiger partial charge on any atom is 0.120 e. The largest absolute Gasteiger partial charge is 0.494 e. The van der Waals surface area contributed by atoms with Crippen molar-refractivity contribution in [1.82, 2.24) is 4.90 Å². The lowest BCUT2D eigenvalue weighted by Gasteiger charge is -2.16. The molecule has 18 heavy (non-hydrogen) atoms. The third kappa shape index (κ3) is 3.70. The molecular formula is C14H20BrNO2. The van der Waals surface area contributed by atoms with Gasteiger partial charge in [0.2, 0.25) is 0 Å². The zero-order valence-corrected chi connectivity index (χ0v) is 12.6. The quantitative estimate of drug-likeness (QED) is 0.834. The van der Waals surface area contributed by atoms with E-state index >= 15 is 0 Å². The van der Waals surface area contributed by atoms with Gasteiger partial charge in [-0.05, 0) is 37.1 Å². The van der Waals surface area contributed by atoms with Crippen molar-refractivity contribution in [3.63, 3.8) is 0 Å². The van der Waals surface area contributed by atoms with E-state index in [1.54, 1.807) is 7.11 Å². The molecule has 0 aliphatic carbocycles. The number of hydrogen-bond acceptors (Lipinski definition) is 3. The predicted molar refractivity (Wildman–Crippen MR) is 76.0 cm³/mol. The minimum absolute atomic E-state index is 0.392. The molecule has 0 unspecified atom stereocenters. The monoisotopic (exact) mass is 313 g/mol. The zero-order valence-electron chi connectivity index (χ0n) is 11.0. The standard InChI is InChI=1S/C14H20BrNO2/c1-3-18-14-7-11(6-12(15)8-14)9-16-5-4-13(10-16)17-2/h6-8,13H,3-5,9-10H2,1-2H3/t13-/m0/s1. The van der Waals surface area contributed by atoms with Gasteiger partial charge in [0, 0.05) is 31.2 Å². The Hall–Kier alpha value is -0.580. The first-order chi connectivity index (χ1) is 8.71. The van der Waals surface area contributed by atoms with Crippen LogP contribution in [0.3, 0.4) is 0 Å². The Morgan fingerprint density at radius 2 is 2.22 bits per heavy atom. The Kier molecular flexibility index (Phi) is 5.03. The molecule has 0 radical (unpaired) electrons. The lowest BCUT2D eigenvalue weighted by Crippen LogP contribution is -2.22. The molecule has 3 nitrogen and oxygen atoms in total. The van der Waals surface area contributed by atoms with E-state index in [0.717, 1.165) is 36.3 Å². The molecule has 0 amide bonds. The van der Waals surface area contributed by atoms with E-state index in [-0.39, 0.29) is 0 Å². The number of hydrogen-bond donors (Lipinski definition) is 0. The minimum Gasteiger partial charge on any atom is -0.494 e. The Morgan fingerprint density at radius 3 is 2.89 bits per heavy atom. The molecule has 2 rings (SSSR count). The molecule has 1 saturated heterocycles. The highest BCUT2D eigenvalue weighted by molar-refractivity contribution is 9.10. The van der Waals surface area contributed by atoms with Crippen LogP contribution in [0.15, 0.2) is 22.7 Å². The molecule has 100 valence electrons. The number of halogens is 1. The van der Waals surface area contributed by atoms with Crippen molar-refractivity contribution >= 4 is 15.9 Å². The van der Waals surface area contributed by atoms with Gasteiger partial charge in [-0.2, -0.15) is 0 Å². The Bertz CT molecular complexity index is 397. The maximum absolute atomic E-state index is 5.56. The van der Waals surface area contributed by atoms with Crippen LogP contribution in [0.4, 0.5) is 0 Å². The van der Waals surface area contributed by atoms with Crippen molar-refractivity contribution in [2.75, 3.05) is 26.8 Å². The molecule has 0 aromatic heterocycles. The summed E-state index contributed by atoms with van der Waals surface area (Å²) in [5.41, 5.74) is 1.28. The van der Waals surface area contributed by atoms with E-state index in [9.17, 15) is 0 Å². The molecule has 1 fully saturated rings. The Morgan fingerprint density at radius 1 is 1.39 bits per heavy atom. The van der Waals surface area contributed by atoms with Crippen LogP contribution in [0.5, 0.6) is 5.75 Å². The third-order valence-corrected chi connectivity index (χ3v) is 3.67. The fourth-order valence-electron chi connectivity index (χ4n) is 2.35. The van der Waals surface area contributed by atoms with Gasteiger partial charge in [0.1, 0.15) is 5.75 Å². The average molecular weight is 314 g/mol. The second-order valence-corrected chi connectivity index (χ2v) is 5.53. The van der Waals surface area contributed by atoms with Crippen molar-refractivity contribution in [2.24, 2.45) is 0 Å². The molecular weight excluding hydrogens is 294 g/mol. The van der Waals surface area contributed by atoms with E-state index in [2.05, 4.69) is 33.0 Å². The van der Waals surface area contributed by atoms with Gasteiger partial charge < -0.3 is 9.47 Å². The molecule has 0 saturated carbocycles. The lowest BCUT2D eigenvalue weighted by atomic mass is 10.2. The van der Waals surface area contributed by atoms with Gasteiger partial charge in [-0.15, -0.1) is 0 Å². The fourth-order valence-corrected chi connectivity index (χ4v) is 2.87. The van der Waals surface area contributed by atoms with Crippen LogP contribution in [0.2, 0.25) is 0 Å². The maximum atomic E-state index is 5.56. The molecule has 1 aromatic carbocycles. The van der Waals surface area contributed by atoms with Gasteiger partial charge in [-0.3, -0.25) is 4.90 Å². The molecule has 0 bridgehead atoms. The molecule has 1 aromatic rings. The summed E-state index contributed by atoms with van der Waals surface area (Å²) >= 11 is 3.53. The SMILES string of the molecule is CCOc1cc(Br)cc(CN2CC[C@H](OC)C2)c1. The van der Waals surface area contributed by atoms with Crippen LogP contribution in [0.25, 0.3) is 0 Å². The highest BCUT2D eigenvalue weighted by Crippen LogP contribution is 2.24. The van der Waals surface area contributed by atoms with Gasteiger partial charge in [-0.25, -0.2) is 0 Å². The average Bonchev–Trinajstić information content (AvgIpc) is 2.76. The van der Waals surface area contributed by atoms with Gasteiger partial charge in [0.15, 0.2) is 0 Å². The first-order valence-electron chi connectivity index (χ1n) is 6.38. The van der Waals surface area contributed by atoms with Gasteiger partial charge in [0.25, 0.3) is 0 Å². The number of likely N-dealkylation sites (tertiary alicyclic amines) is 1. The fraction of sp³-hybridized carbons (Fsp3) is 0.571. The molecule has 1 aliphatic heterocycles. The summed E-state index contributed by atoms with van der Waals surface area (Å²) in [6.45, 7) is 5.79. The van der Waals surface area contributed by atoms with Crippen LogP contribution in [0.1, 0.15) is 18.9 Å². The molecule has 0 spiro atoms. The summed E-state index contributed by atoms with van der Waals surface area (Å²) < 4.78 is 12.0. The summed E-state index contributed by atoms with van der Waals surface area (Å²) in [4.78, 5) is 2.42. The minimum atomic E-state index is 0.392. The first-order valence-corrected chi connectivity index (χ1v) is 7.18. The smallest absolute Gasteiger partial charge is 0.120 e. The number of benzene rings is 1. The number of methoxy groups -OCH3 is 1. The van der Waals surface area contributed by atoms with Crippen molar-refractivity contribution in [2.45, 2.75) is 26.0 Å². The number of nitrogens with zero attached hydrogens (tertiary/aromatic N) is 1. The summed E-state index contributed by atoms with van der Waals surface area (Å²) in [5.74, 6) is 0.935. The van der Waals surface area contributed by atoms with E-state index in [0.29, 0.717) is 12.7 Å². The molecule has 1 atom stereocenters. The van der Waals surface area contributed by atoms with Crippen LogP contribution >= 0.6 is 15.9 Å². The third-order valence-electron chi connectivity index (χ3n) is 3.21. The highest BCUT2D eigenvalue weighted by atomic mass is 79.9. The van der Waals surface area contributed by atoms with E-state index in [1.165, 1.54) is 5.56 Å². The van der Waals surface area contributed by atoms with Crippen molar-refractivity contribution in [3.05, 3.63) is 28.2 Å². The van der Waals surface area contributed by atoms with Crippen LogP contribution in [-0.2, 0) is 11.3 Å². The molecule has 0 N–H and O–H groups in total. The van der Waals surface area contributed by atoms with Crippen LogP contribution in [0, 0.1) is 0 Å². The number of rotatable bonds is 5. The van der Waals surface area contributed by atoms with Crippen LogP contribution < -0.4 is 4.74 Å². The van der Waals surface area contributed by atoms with Gasteiger partial charge >= 0.3 is 0 Å². The van der Waals surface area contributed by atoms with Gasteiger partial charge in [-0.1, -0.05) is 15.9 Å². The molecule has 1 heterocycles. The summed E-state index contributed by atoms with van der Waals surface area (Å²) in [6, 6.07) is 6.28. The second-order valence-electron chi connectivity index (χ2n) is 4.61. The van der Waals surface area contributed by atoms with Gasteiger partial charge in [0.05, 0.1) is 12.7 Å². The van der Waals surface area contributed by atoms with E-state index in [1.807, 2.05) is 13.0 Å². The van der Waals surface area contributed by atoms with E-state index < -0.39 is 0 Å². The zero-order chi connectivity index (χ0) is 13.0. The van der Waals surface area contributed by atoms with Crippen molar-refractivity contribution in [1.29, 1.82) is 0 Å². The molecule has 4 heteroatoms. The topological polar surface area (TPSA) is 21.7 Å². The Balaban J connectivity index is 2.00. The van der Waals surface area contributed by atoms with Crippen molar-refractivity contribution in [3.8, 4) is 5.75 Å². The van der Waals surface area contributed by atoms with E-state index in [4.69, 9.17) is 9.47 Å². The lowest BCUT2D eigenvalue weighted by molar-refractivity contribution is 0.107. The Labute approximate surface area is 117 Å². The highest BCUT2D eigenvalue weighted by Gasteiger charge is 2.21. The van der Waals surface area contributed by atoms with Crippen LogP contribution in [-0.4, -0.2) is 37.8 Å². The van der Waals surface area contributed by atoms with Crippen molar-refractivity contribution < 1.29 is 9.47 Å². The predicted octanol–water partition coefficient (Wildman–Crippen LogP) is 3.07. The summed E-state index contributed by atoms with van der Waals surface area (Å²) in [6.07, 6.45) is 1.52. The first kappa shape index (κ1) is 13.8. The second kappa shape index (κ2) is 6.55. The summed E-state index contributed by atoms with van der Waals surface area (Å²) in [7, 11) is 1.79. The number of ether oxygens (including phenoxy) is 2. The molecule has 1 aliphatic rings. The normalized spacial score (nSPS) is 20.3. The summed E-state index contributed by atoms with van der Waals surface area (Å²) in [5, 5.41) is 0.